The lowest BCUT2D eigenvalue weighted by Gasteiger charge is -2.13. The Hall–Kier alpha value is -1.83. The van der Waals surface area contributed by atoms with Crippen molar-refractivity contribution in [1.82, 2.24) is 4.98 Å². The monoisotopic (exact) mass is 299 g/mol. The molecule has 20 heavy (non-hydrogen) atoms. The molecule has 0 amide bonds. The molecule has 110 valence electrons. The maximum atomic E-state index is 11.7. The Kier molecular flexibility index (Phi) is 4.12. The van der Waals surface area contributed by atoms with E-state index in [1.807, 2.05) is 0 Å². The molecule has 1 aromatic heterocycles. The number of esters is 1. The highest BCUT2D eigenvalue weighted by Crippen LogP contribution is 2.22. The molecule has 7 nitrogen and oxygen atoms in total. The maximum Gasteiger partial charge on any atom is 0.356 e. The van der Waals surface area contributed by atoms with Crippen LogP contribution in [0.4, 0.5) is 11.5 Å². The van der Waals surface area contributed by atoms with Gasteiger partial charge in [-0.05, 0) is 25.0 Å². The zero-order valence-electron chi connectivity index (χ0n) is 11.1. The first kappa shape index (κ1) is 14.6. The van der Waals surface area contributed by atoms with Crippen molar-refractivity contribution in [3.05, 3.63) is 17.8 Å². The summed E-state index contributed by atoms with van der Waals surface area (Å²) in [6, 6.07) is 2.99. The minimum absolute atomic E-state index is 0.124. The molecule has 8 heteroatoms. The number of nitrogens with two attached hydrogens (primary N) is 1. The van der Waals surface area contributed by atoms with E-state index in [0.717, 1.165) is 0 Å². The van der Waals surface area contributed by atoms with Crippen molar-refractivity contribution in [2.45, 2.75) is 18.1 Å². The van der Waals surface area contributed by atoms with Crippen LogP contribution in [0.5, 0.6) is 0 Å². The molecule has 1 aromatic rings. The SMILES string of the molecule is COC(=O)c1ccc(N)c(NCC2CCCS2(=O)=O)n1. The number of rotatable bonds is 4. The molecule has 0 bridgehead atoms. The summed E-state index contributed by atoms with van der Waals surface area (Å²) >= 11 is 0. The van der Waals surface area contributed by atoms with Gasteiger partial charge in [0.05, 0.1) is 23.8 Å². The number of hydrogen-bond acceptors (Lipinski definition) is 7. The van der Waals surface area contributed by atoms with Gasteiger partial charge in [-0.1, -0.05) is 0 Å². The predicted molar refractivity (Wildman–Crippen MR) is 75.3 cm³/mol. The molecule has 2 heterocycles. The van der Waals surface area contributed by atoms with Crippen molar-refractivity contribution in [1.29, 1.82) is 0 Å². The van der Waals surface area contributed by atoms with E-state index in [2.05, 4.69) is 15.0 Å². The van der Waals surface area contributed by atoms with Gasteiger partial charge in [-0.15, -0.1) is 0 Å². The minimum Gasteiger partial charge on any atom is -0.464 e. The normalized spacial score (nSPS) is 20.6. The molecule has 1 unspecified atom stereocenters. The van der Waals surface area contributed by atoms with E-state index in [1.165, 1.54) is 19.2 Å². The highest BCUT2D eigenvalue weighted by atomic mass is 32.2. The van der Waals surface area contributed by atoms with Gasteiger partial charge in [0, 0.05) is 6.54 Å². The van der Waals surface area contributed by atoms with Gasteiger partial charge >= 0.3 is 5.97 Å². The number of methoxy groups -OCH3 is 1. The van der Waals surface area contributed by atoms with Gasteiger partial charge in [-0.25, -0.2) is 18.2 Å². The van der Waals surface area contributed by atoms with Crippen LogP contribution in [-0.2, 0) is 14.6 Å². The van der Waals surface area contributed by atoms with Crippen LogP contribution in [0.2, 0.25) is 0 Å². The fourth-order valence-electron chi connectivity index (χ4n) is 2.13. The number of ether oxygens (including phenoxy) is 1. The summed E-state index contributed by atoms with van der Waals surface area (Å²) in [4.78, 5) is 15.4. The molecule has 0 radical (unpaired) electrons. The van der Waals surface area contributed by atoms with E-state index in [0.29, 0.717) is 24.3 Å². The standard InChI is InChI=1S/C12H17N3O4S/c1-19-12(16)10-5-4-9(13)11(15-10)14-7-8-3-2-6-20(8,17)18/h4-5,8H,2-3,6-7,13H2,1H3,(H,14,15). The molecular weight excluding hydrogens is 282 g/mol. The van der Waals surface area contributed by atoms with E-state index in [4.69, 9.17) is 5.73 Å². The van der Waals surface area contributed by atoms with Gasteiger partial charge < -0.3 is 15.8 Å². The first-order valence-electron chi connectivity index (χ1n) is 6.24. The van der Waals surface area contributed by atoms with E-state index in [-0.39, 0.29) is 18.0 Å². The Bertz CT molecular complexity index is 615. The number of carbonyl (C=O) groups is 1. The van der Waals surface area contributed by atoms with Crippen LogP contribution in [0.25, 0.3) is 0 Å². The molecule has 0 aliphatic carbocycles. The first-order chi connectivity index (χ1) is 9.44. The van der Waals surface area contributed by atoms with Crippen molar-refractivity contribution in [3.63, 3.8) is 0 Å². The number of nitrogen functional groups attached to an aromatic ring is 1. The highest BCUT2D eigenvalue weighted by Gasteiger charge is 2.31. The number of hydrogen-bond donors (Lipinski definition) is 2. The second-order valence-corrected chi connectivity index (χ2v) is 7.04. The summed E-state index contributed by atoms with van der Waals surface area (Å²) in [7, 11) is -1.76. The van der Waals surface area contributed by atoms with Crippen LogP contribution in [0, 0.1) is 0 Å². The van der Waals surface area contributed by atoms with Gasteiger partial charge in [-0.2, -0.15) is 0 Å². The molecule has 1 fully saturated rings. The summed E-state index contributed by atoms with van der Waals surface area (Å²) in [5.74, 6) is -0.0404. The van der Waals surface area contributed by atoms with Crippen molar-refractivity contribution in [2.24, 2.45) is 0 Å². The van der Waals surface area contributed by atoms with Gasteiger partial charge in [0.15, 0.2) is 15.5 Å². The molecular formula is C12H17N3O4S. The van der Waals surface area contributed by atoms with Crippen molar-refractivity contribution < 1.29 is 17.9 Å². The molecule has 1 aliphatic rings. The van der Waals surface area contributed by atoms with E-state index < -0.39 is 21.1 Å². The molecule has 1 aliphatic heterocycles. The lowest BCUT2D eigenvalue weighted by Crippen LogP contribution is -2.26. The second-order valence-electron chi connectivity index (χ2n) is 4.64. The lowest BCUT2D eigenvalue weighted by molar-refractivity contribution is 0.0594. The Balaban J connectivity index is 2.11. The largest absolute Gasteiger partial charge is 0.464 e. The highest BCUT2D eigenvalue weighted by molar-refractivity contribution is 7.92. The summed E-state index contributed by atoms with van der Waals surface area (Å²) in [5, 5.41) is 2.48. The Morgan fingerprint density at radius 2 is 2.30 bits per heavy atom. The van der Waals surface area contributed by atoms with Crippen LogP contribution in [-0.4, -0.2) is 44.0 Å². The fourth-order valence-corrected chi connectivity index (χ4v) is 3.89. The maximum absolute atomic E-state index is 11.7. The minimum atomic E-state index is -3.02. The predicted octanol–water partition coefficient (Wildman–Crippen LogP) is 0.439. The number of sulfone groups is 1. The second kappa shape index (κ2) is 5.66. The van der Waals surface area contributed by atoms with Crippen molar-refractivity contribution in [2.75, 3.05) is 30.5 Å². The number of pyridine rings is 1. The Morgan fingerprint density at radius 3 is 2.90 bits per heavy atom. The molecule has 1 saturated heterocycles. The molecule has 0 aromatic carbocycles. The zero-order chi connectivity index (χ0) is 14.8. The van der Waals surface area contributed by atoms with E-state index in [9.17, 15) is 13.2 Å². The van der Waals surface area contributed by atoms with E-state index in [1.54, 1.807) is 0 Å². The summed E-state index contributed by atoms with van der Waals surface area (Å²) in [5.41, 5.74) is 6.24. The van der Waals surface area contributed by atoms with Crippen molar-refractivity contribution in [3.8, 4) is 0 Å². The summed E-state index contributed by atoms with van der Waals surface area (Å²) < 4.78 is 28.0. The average molecular weight is 299 g/mol. The molecule has 3 N–H and O–H groups in total. The van der Waals surface area contributed by atoms with Crippen LogP contribution >= 0.6 is 0 Å². The molecule has 1 atom stereocenters. The van der Waals surface area contributed by atoms with Crippen molar-refractivity contribution >= 4 is 27.3 Å². The Labute approximate surface area is 117 Å². The third kappa shape index (κ3) is 3.01. The van der Waals surface area contributed by atoms with Gasteiger partial charge in [0.2, 0.25) is 0 Å². The number of anilines is 2. The fraction of sp³-hybridized carbons (Fsp3) is 0.500. The van der Waals surface area contributed by atoms with Crippen LogP contribution in [0.15, 0.2) is 12.1 Å². The quantitative estimate of drug-likeness (QED) is 0.776. The smallest absolute Gasteiger partial charge is 0.356 e. The summed E-state index contributed by atoms with van der Waals surface area (Å²) in [6.07, 6.45) is 1.31. The van der Waals surface area contributed by atoms with Gasteiger partial charge in [0.1, 0.15) is 5.82 Å². The first-order valence-corrected chi connectivity index (χ1v) is 7.96. The third-order valence-electron chi connectivity index (χ3n) is 3.28. The number of nitrogens with one attached hydrogen (secondary N) is 1. The number of aromatic nitrogens is 1. The lowest BCUT2D eigenvalue weighted by atomic mass is 10.2. The van der Waals surface area contributed by atoms with Gasteiger partial charge in [-0.3, -0.25) is 0 Å². The Morgan fingerprint density at radius 1 is 1.55 bits per heavy atom. The number of nitrogens with zero attached hydrogens (tertiary/aromatic N) is 1. The zero-order valence-corrected chi connectivity index (χ0v) is 11.9. The molecule has 0 saturated carbocycles. The van der Waals surface area contributed by atoms with E-state index >= 15 is 0 Å². The summed E-state index contributed by atoms with van der Waals surface area (Å²) in [6.45, 7) is 0.240. The third-order valence-corrected chi connectivity index (χ3v) is 5.56. The topological polar surface area (TPSA) is 111 Å². The molecule has 2 rings (SSSR count). The van der Waals surface area contributed by atoms with Crippen LogP contribution in [0.3, 0.4) is 0 Å². The molecule has 0 spiro atoms. The number of carbonyl (C=O) groups excluding carboxylic acids is 1. The van der Waals surface area contributed by atoms with Gasteiger partial charge in [0.25, 0.3) is 0 Å². The average Bonchev–Trinajstić information content (AvgIpc) is 2.76. The van der Waals surface area contributed by atoms with Crippen LogP contribution < -0.4 is 11.1 Å². The van der Waals surface area contributed by atoms with Crippen LogP contribution in [0.1, 0.15) is 23.3 Å².